The summed E-state index contributed by atoms with van der Waals surface area (Å²) in [6.45, 7) is 0.402. The van der Waals surface area contributed by atoms with Crippen LogP contribution in [0.3, 0.4) is 0 Å². The van der Waals surface area contributed by atoms with E-state index >= 15 is 0 Å². The number of Topliss-reactive ketones (excluding diaryl/α,β-unsaturated/α-hetero) is 1. The third kappa shape index (κ3) is 3.16. The molecule has 1 unspecified atom stereocenters. The van der Waals surface area contributed by atoms with Crippen LogP contribution in [0.1, 0.15) is 16.7 Å². The average Bonchev–Trinajstić information content (AvgIpc) is 2.65. The lowest BCUT2D eigenvalue weighted by Crippen LogP contribution is -2.39. The highest BCUT2D eigenvalue weighted by atomic mass is 16.4. The number of nitrogens with one attached hydrogen (secondary N) is 1. The van der Waals surface area contributed by atoms with Crippen LogP contribution in [0.25, 0.3) is 11.0 Å². The molecule has 5 nitrogen and oxygen atoms in total. The van der Waals surface area contributed by atoms with E-state index in [1.807, 2.05) is 36.4 Å². The summed E-state index contributed by atoms with van der Waals surface area (Å²) in [5, 5.41) is 3.65. The second-order valence-corrected chi connectivity index (χ2v) is 6.52. The zero-order valence-corrected chi connectivity index (χ0v) is 14.0. The fraction of sp³-hybridized carbons (Fsp3) is 0.190. The van der Waals surface area contributed by atoms with Crippen molar-refractivity contribution >= 4 is 22.7 Å². The molecule has 5 heteroatoms. The van der Waals surface area contributed by atoms with Crippen molar-refractivity contribution in [3.63, 3.8) is 0 Å². The van der Waals surface area contributed by atoms with Gasteiger partial charge >= 0.3 is 5.63 Å². The molecule has 0 bridgehead atoms. The minimum absolute atomic E-state index is 0.110. The van der Waals surface area contributed by atoms with Crippen molar-refractivity contribution < 1.29 is 14.0 Å². The van der Waals surface area contributed by atoms with Crippen LogP contribution in [-0.4, -0.2) is 11.7 Å². The molecule has 26 heavy (non-hydrogen) atoms. The van der Waals surface area contributed by atoms with E-state index in [4.69, 9.17) is 4.42 Å². The van der Waals surface area contributed by atoms with Gasteiger partial charge in [0.15, 0.2) is 0 Å². The molecule has 1 N–H and O–H groups in total. The molecule has 1 heterocycles. The Bertz CT molecular complexity index is 1050. The van der Waals surface area contributed by atoms with Crippen molar-refractivity contribution in [2.45, 2.75) is 19.4 Å². The minimum atomic E-state index is -0.681. The molecule has 3 aromatic rings. The number of hydrogen-bond acceptors (Lipinski definition) is 4. The molecule has 2 aromatic carbocycles. The number of benzene rings is 2. The van der Waals surface area contributed by atoms with E-state index in [1.54, 1.807) is 12.1 Å². The lowest BCUT2D eigenvalue weighted by atomic mass is 9.82. The number of fused-ring (bicyclic) bond motifs is 2. The van der Waals surface area contributed by atoms with Crippen molar-refractivity contribution in [2.75, 3.05) is 0 Å². The summed E-state index contributed by atoms with van der Waals surface area (Å²) in [6.07, 6.45) is 0.539. The van der Waals surface area contributed by atoms with Crippen molar-refractivity contribution in [1.82, 2.24) is 5.32 Å². The van der Waals surface area contributed by atoms with Crippen LogP contribution in [-0.2, 0) is 29.0 Å². The molecule has 1 aliphatic carbocycles. The third-order valence-electron chi connectivity index (χ3n) is 4.74. The number of amides is 1. The molecule has 0 saturated carbocycles. The predicted molar refractivity (Wildman–Crippen MR) is 96.7 cm³/mol. The molecule has 0 spiro atoms. The van der Waals surface area contributed by atoms with Crippen LogP contribution < -0.4 is 10.9 Å². The van der Waals surface area contributed by atoms with Crippen molar-refractivity contribution in [1.29, 1.82) is 0 Å². The normalized spacial score (nSPS) is 16.3. The summed E-state index contributed by atoms with van der Waals surface area (Å²) in [6, 6.07) is 16.3. The van der Waals surface area contributed by atoms with Gasteiger partial charge in [-0.05, 0) is 41.3 Å². The Morgan fingerprint density at radius 1 is 1.04 bits per heavy atom. The summed E-state index contributed by atoms with van der Waals surface area (Å²) in [5.41, 5.74) is 2.81. The van der Waals surface area contributed by atoms with Crippen LogP contribution in [0.4, 0.5) is 0 Å². The van der Waals surface area contributed by atoms with E-state index in [-0.39, 0.29) is 18.1 Å². The van der Waals surface area contributed by atoms with E-state index in [1.165, 1.54) is 6.07 Å². The molecule has 1 atom stereocenters. The van der Waals surface area contributed by atoms with E-state index in [0.29, 0.717) is 18.5 Å². The lowest BCUT2D eigenvalue weighted by Gasteiger charge is -2.23. The molecule has 130 valence electrons. The zero-order chi connectivity index (χ0) is 18.1. The van der Waals surface area contributed by atoms with Gasteiger partial charge in [0.05, 0.1) is 0 Å². The second-order valence-electron chi connectivity index (χ2n) is 6.52. The van der Waals surface area contributed by atoms with Gasteiger partial charge in [0.2, 0.25) is 5.91 Å². The average molecular weight is 347 g/mol. The third-order valence-corrected chi connectivity index (χ3v) is 4.74. The highest BCUT2D eigenvalue weighted by molar-refractivity contribution is 6.04. The Labute approximate surface area is 149 Å². The molecule has 1 amide bonds. The second kappa shape index (κ2) is 6.59. The van der Waals surface area contributed by atoms with Gasteiger partial charge in [0, 0.05) is 24.4 Å². The number of carbonyl (C=O) groups excluding carboxylic acids is 2. The number of ketones is 1. The van der Waals surface area contributed by atoms with Gasteiger partial charge in [-0.15, -0.1) is 0 Å². The van der Waals surface area contributed by atoms with Crippen LogP contribution >= 0.6 is 0 Å². The van der Waals surface area contributed by atoms with Crippen LogP contribution in [0.5, 0.6) is 0 Å². The van der Waals surface area contributed by atoms with E-state index < -0.39 is 11.5 Å². The molecule has 1 aromatic heterocycles. The molecule has 0 saturated heterocycles. The van der Waals surface area contributed by atoms with E-state index in [2.05, 4.69) is 5.32 Å². The predicted octanol–water partition coefficient (Wildman–Crippen LogP) is 2.39. The summed E-state index contributed by atoms with van der Waals surface area (Å²) in [4.78, 5) is 36.3. The monoisotopic (exact) mass is 347 g/mol. The van der Waals surface area contributed by atoms with Gasteiger partial charge in [-0.1, -0.05) is 30.3 Å². The Balaban J connectivity index is 1.55. The van der Waals surface area contributed by atoms with Gasteiger partial charge in [-0.25, -0.2) is 4.79 Å². The van der Waals surface area contributed by atoms with Gasteiger partial charge in [-0.2, -0.15) is 0 Å². The van der Waals surface area contributed by atoms with E-state index in [0.717, 1.165) is 22.1 Å². The van der Waals surface area contributed by atoms with Crippen LogP contribution in [0, 0.1) is 5.92 Å². The largest absolute Gasteiger partial charge is 0.423 e. The van der Waals surface area contributed by atoms with Gasteiger partial charge in [-0.3, -0.25) is 9.59 Å². The van der Waals surface area contributed by atoms with Gasteiger partial charge in [0.1, 0.15) is 17.3 Å². The van der Waals surface area contributed by atoms with Crippen molar-refractivity contribution in [3.8, 4) is 0 Å². The molecule has 0 radical (unpaired) electrons. The van der Waals surface area contributed by atoms with Crippen molar-refractivity contribution in [2.24, 2.45) is 5.92 Å². The topological polar surface area (TPSA) is 76.4 Å². The fourth-order valence-electron chi connectivity index (χ4n) is 3.35. The van der Waals surface area contributed by atoms with Gasteiger partial charge in [0.25, 0.3) is 0 Å². The Hall–Kier alpha value is -3.21. The maximum absolute atomic E-state index is 12.5. The first-order valence-corrected chi connectivity index (χ1v) is 8.50. The zero-order valence-electron chi connectivity index (χ0n) is 14.0. The number of carbonyl (C=O) groups is 2. The molecule has 4 rings (SSSR count). The Kier molecular flexibility index (Phi) is 4.13. The maximum Gasteiger partial charge on any atom is 0.336 e. The smallest absolute Gasteiger partial charge is 0.336 e. The lowest BCUT2D eigenvalue weighted by molar-refractivity contribution is -0.134. The van der Waals surface area contributed by atoms with Crippen LogP contribution in [0.2, 0.25) is 0 Å². The minimum Gasteiger partial charge on any atom is -0.423 e. The molecule has 0 aliphatic heterocycles. The Morgan fingerprint density at radius 3 is 2.65 bits per heavy atom. The summed E-state index contributed by atoms with van der Waals surface area (Å²) < 4.78 is 5.18. The van der Waals surface area contributed by atoms with Crippen LogP contribution in [0.15, 0.2) is 63.8 Å². The first-order chi connectivity index (χ1) is 12.6. The number of rotatable bonds is 3. The van der Waals surface area contributed by atoms with Gasteiger partial charge < -0.3 is 9.73 Å². The fourth-order valence-corrected chi connectivity index (χ4v) is 3.35. The standard InChI is InChI=1S/C21H17NO4/c23-18-10-16-11-19-14(6-7-20(24)26-19)8-15(16)9-17(18)21(25)22-12-13-4-2-1-3-5-13/h1-8,11,17H,9-10,12H2,(H,22,25). The first-order valence-electron chi connectivity index (χ1n) is 8.50. The number of hydrogen-bond donors (Lipinski definition) is 1. The maximum atomic E-state index is 12.5. The molecule has 0 fully saturated rings. The molecular weight excluding hydrogens is 330 g/mol. The molecule has 1 aliphatic rings. The summed E-state index contributed by atoms with van der Waals surface area (Å²) in [5.74, 6) is -1.04. The van der Waals surface area contributed by atoms with E-state index in [9.17, 15) is 14.4 Å². The highest BCUT2D eigenvalue weighted by Gasteiger charge is 2.32. The Morgan fingerprint density at radius 2 is 1.85 bits per heavy atom. The summed E-state index contributed by atoms with van der Waals surface area (Å²) in [7, 11) is 0. The highest BCUT2D eigenvalue weighted by Crippen LogP contribution is 2.27. The first kappa shape index (κ1) is 16.3. The molecular formula is C21H17NO4. The quantitative estimate of drug-likeness (QED) is 0.583. The van der Waals surface area contributed by atoms with Crippen molar-refractivity contribution in [3.05, 3.63) is 81.7 Å². The SMILES string of the molecule is O=C1Cc2cc3oc(=O)ccc3cc2CC1C(=O)NCc1ccccc1. The summed E-state index contributed by atoms with van der Waals surface area (Å²) >= 11 is 0.